The zero-order chi connectivity index (χ0) is 32.4. The molecule has 0 unspecified atom stereocenters. The second kappa shape index (κ2) is 14.3. The molecule has 6 rings (SSSR count). The van der Waals surface area contributed by atoms with Gasteiger partial charge in [-0.05, 0) is 69.9 Å². The molecule has 6 atom stereocenters. The second-order valence-electron chi connectivity index (χ2n) is 13.4. The molecule has 1 aromatic carbocycles. The van der Waals surface area contributed by atoms with Crippen molar-refractivity contribution in [1.29, 1.82) is 0 Å². The molecule has 12 heteroatoms. The summed E-state index contributed by atoms with van der Waals surface area (Å²) in [7, 11) is 0. The van der Waals surface area contributed by atoms with Gasteiger partial charge < -0.3 is 29.7 Å². The van der Waals surface area contributed by atoms with Crippen molar-refractivity contribution in [2.75, 3.05) is 64.1 Å². The Hall–Kier alpha value is -3.16. The van der Waals surface area contributed by atoms with E-state index in [9.17, 15) is 14.0 Å². The zero-order valence-corrected chi connectivity index (χ0v) is 27.3. The summed E-state index contributed by atoms with van der Waals surface area (Å²) in [6, 6.07) is 8.78. The smallest absolute Gasteiger partial charge is 0.270 e. The highest BCUT2D eigenvalue weighted by Crippen LogP contribution is 2.35. The lowest BCUT2D eigenvalue weighted by atomic mass is 10.0. The van der Waals surface area contributed by atoms with Gasteiger partial charge in [-0.3, -0.25) is 19.4 Å². The molecule has 2 N–H and O–H groups in total. The Kier molecular flexibility index (Phi) is 10.2. The van der Waals surface area contributed by atoms with E-state index in [1.807, 2.05) is 13.0 Å². The van der Waals surface area contributed by atoms with Gasteiger partial charge in [-0.25, -0.2) is 9.37 Å². The number of nitrogens with one attached hydrogen (secondary N) is 2. The molecule has 2 aromatic rings. The summed E-state index contributed by atoms with van der Waals surface area (Å²) in [4.78, 5) is 39.1. The number of rotatable bonds is 8. The van der Waals surface area contributed by atoms with E-state index in [1.165, 1.54) is 12.1 Å². The van der Waals surface area contributed by atoms with Crippen LogP contribution in [0.5, 0.6) is 5.88 Å². The molecule has 2 amide bonds. The Bertz CT molecular complexity index is 1380. The van der Waals surface area contributed by atoms with E-state index in [-0.39, 0.29) is 66.5 Å². The maximum Gasteiger partial charge on any atom is 0.270 e. The first kappa shape index (κ1) is 32.8. The molecule has 3 saturated heterocycles. The van der Waals surface area contributed by atoms with E-state index in [1.54, 1.807) is 17.0 Å². The van der Waals surface area contributed by atoms with E-state index in [4.69, 9.17) is 19.2 Å². The van der Waals surface area contributed by atoms with Crippen LogP contribution in [0.1, 0.15) is 55.7 Å². The van der Waals surface area contributed by atoms with Crippen molar-refractivity contribution in [3.63, 3.8) is 0 Å². The summed E-state index contributed by atoms with van der Waals surface area (Å²) < 4.78 is 31.0. The number of ether oxygens (including phenoxy) is 3. The number of amides is 2. The highest BCUT2D eigenvalue weighted by atomic mass is 19.1. The number of carbonyl (C=O) groups excluding carboxylic acids is 2. The van der Waals surface area contributed by atoms with Crippen molar-refractivity contribution >= 4 is 17.5 Å². The Morgan fingerprint density at radius 3 is 2.50 bits per heavy atom. The Morgan fingerprint density at radius 1 is 1.02 bits per heavy atom. The molecule has 3 fully saturated rings. The number of morpholine rings is 1. The molecule has 0 radical (unpaired) electrons. The summed E-state index contributed by atoms with van der Waals surface area (Å²) in [5.74, 6) is -0.416. The van der Waals surface area contributed by atoms with Crippen molar-refractivity contribution in [2.45, 2.75) is 76.8 Å². The molecule has 4 aliphatic heterocycles. The van der Waals surface area contributed by atoms with Crippen LogP contribution in [0.4, 0.5) is 10.1 Å². The zero-order valence-electron chi connectivity index (χ0n) is 27.3. The van der Waals surface area contributed by atoms with E-state index in [2.05, 4.69) is 41.2 Å². The molecule has 5 heterocycles. The fourth-order valence-electron chi connectivity index (χ4n) is 7.05. The first-order chi connectivity index (χ1) is 22.2. The predicted octanol–water partition coefficient (Wildman–Crippen LogP) is 2.22. The van der Waals surface area contributed by atoms with E-state index >= 15 is 0 Å². The van der Waals surface area contributed by atoms with Gasteiger partial charge in [0, 0.05) is 50.4 Å². The van der Waals surface area contributed by atoms with Gasteiger partial charge in [0.25, 0.3) is 5.91 Å². The Morgan fingerprint density at radius 2 is 1.78 bits per heavy atom. The van der Waals surface area contributed by atoms with Crippen LogP contribution in [0.25, 0.3) is 0 Å². The lowest BCUT2D eigenvalue weighted by Gasteiger charge is -2.46. The van der Waals surface area contributed by atoms with Gasteiger partial charge in [0.15, 0.2) is 0 Å². The topological polar surface area (TPSA) is 109 Å². The number of halogens is 1. The molecule has 0 aliphatic carbocycles. The molecule has 1 aromatic heterocycles. The third-order valence-corrected chi connectivity index (χ3v) is 9.60. The van der Waals surface area contributed by atoms with Crippen LogP contribution in [0.15, 0.2) is 30.3 Å². The van der Waals surface area contributed by atoms with E-state index < -0.39 is 0 Å². The molecule has 4 aliphatic rings. The number of hydrogen-bond donors (Lipinski definition) is 2. The maximum absolute atomic E-state index is 14.3. The fraction of sp³-hybridized carbons (Fsp3) is 0.618. The van der Waals surface area contributed by atoms with Gasteiger partial charge >= 0.3 is 0 Å². The third kappa shape index (κ3) is 7.36. The van der Waals surface area contributed by atoms with Gasteiger partial charge in [0.1, 0.15) is 23.8 Å². The second-order valence-corrected chi connectivity index (χ2v) is 13.4. The van der Waals surface area contributed by atoms with Gasteiger partial charge in [-0.15, -0.1) is 0 Å². The summed E-state index contributed by atoms with van der Waals surface area (Å²) in [6.07, 6.45) is 1.07. The summed E-state index contributed by atoms with van der Waals surface area (Å²) >= 11 is 0. The Balaban J connectivity index is 1.27. The SMILES string of the molecule is C[C@@H]1CN(CC(=O)N2c3cc(Cc4ccc(F)cc4)c(C(=O)N[C@H]4CCOC4)nc3OC[C@@H]2C)[C@@H](CN2[C@H](C)COC[C@H]2C)CN1. The number of piperazine rings is 1. The standard InChI is InChI=1S/C34H47FN6O5/c1-21-14-39(29(13-36-21)15-40-22(2)17-45-18-23(40)3)16-31(42)41-24(4)19-46-34-30(41)12-26(11-25-5-7-27(35)8-6-25)32(38-34)33(43)37-28-9-10-44-20-28/h5-8,12,21-24,28-29,36H,9-11,13-20H2,1-4H3,(H,37,43)/t21-,22-,23-,24+,28+,29-/m1/s1. The van der Waals surface area contributed by atoms with Gasteiger partial charge in [-0.1, -0.05) is 12.1 Å². The number of hydrogen-bond acceptors (Lipinski definition) is 9. The first-order valence-corrected chi connectivity index (χ1v) is 16.6. The van der Waals surface area contributed by atoms with Gasteiger partial charge in [0.05, 0.1) is 38.4 Å². The lowest BCUT2D eigenvalue weighted by molar-refractivity contribution is -0.122. The highest BCUT2D eigenvalue weighted by molar-refractivity contribution is 5.99. The largest absolute Gasteiger partial charge is 0.474 e. The highest BCUT2D eigenvalue weighted by Gasteiger charge is 2.37. The number of fused-ring (bicyclic) bond motifs is 1. The first-order valence-electron chi connectivity index (χ1n) is 16.6. The minimum absolute atomic E-state index is 0.0333. The number of nitrogens with zero attached hydrogens (tertiary/aromatic N) is 4. The number of aromatic nitrogens is 1. The molecule has 0 bridgehead atoms. The molecule has 0 spiro atoms. The molecule has 11 nitrogen and oxygen atoms in total. The summed E-state index contributed by atoms with van der Waals surface area (Å²) in [5.41, 5.74) is 2.26. The maximum atomic E-state index is 14.3. The summed E-state index contributed by atoms with van der Waals surface area (Å²) in [5, 5.41) is 6.65. The Labute approximate surface area is 270 Å². The predicted molar refractivity (Wildman–Crippen MR) is 172 cm³/mol. The molecular weight excluding hydrogens is 591 g/mol. The fourth-order valence-corrected chi connectivity index (χ4v) is 7.05. The van der Waals surface area contributed by atoms with E-state index in [0.29, 0.717) is 56.2 Å². The number of benzene rings is 1. The van der Waals surface area contributed by atoms with Crippen molar-refractivity contribution in [1.82, 2.24) is 25.4 Å². The van der Waals surface area contributed by atoms with Crippen LogP contribution < -0.4 is 20.3 Å². The van der Waals surface area contributed by atoms with Crippen LogP contribution in [-0.2, 0) is 20.7 Å². The molecule has 250 valence electrons. The van der Waals surface area contributed by atoms with Crippen LogP contribution in [0.3, 0.4) is 0 Å². The van der Waals surface area contributed by atoms with Gasteiger partial charge in [-0.2, -0.15) is 0 Å². The quantitative estimate of drug-likeness (QED) is 0.450. The summed E-state index contributed by atoms with van der Waals surface area (Å²) in [6.45, 7) is 13.9. The van der Waals surface area contributed by atoms with Crippen molar-refractivity contribution in [2.24, 2.45) is 0 Å². The van der Waals surface area contributed by atoms with E-state index in [0.717, 1.165) is 31.6 Å². The number of carbonyl (C=O) groups is 2. The number of anilines is 1. The normalized spacial score (nSPS) is 28.8. The van der Waals surface area contributed by atoms with Crippen LogP contribution in [0.2, 0.25) is 0 Å². The third-order valence-electron chi connectivity index (χ3n) is 9.60. The van der Waals surface area contributed by atoms with Gasteiger partial charge in [0.2, 0.25) is 11.8 Å². The minimum Gasteiger partial charge on any atom is -0.474 e. The average Bonchev–Trinajstić information content (AvgIpc) is 3.54. The lowest BCUT2D eigenvalue weighted by Crippen LogP contribution is -2.63. The molecule has 0 saturated carbocycles. The average molecular weight is 639 g/mol. The van der Waals surface area contributed by atoms with Crippen molar-refractivity contribution < 1.29 is 28.2 Å². The van der Waals surface area contributed by atoms with Crippen LogP contribution >= 0.6 is 0 Å². The molecule has 46 heavy (non-hydrogen) atoms. The molecular formula is C34H47FN6O5. The monoisotopic (exact) mass is 638 g/mol. The minimum atomic E-state index is -0.330. The van der Waals surface area contributed by atoms with Crippen molar-refractivity contribution in [3.05, 3.63) is 53.0 Å². The van der Waals surface area contributed by atoms with Crippen molar-refractivity contribution in [3.8, 4) is 5.88 Å². The number of pyridine rings is 1. The van der Waals surface area contributed by atoms with Crippen LogP contribution in [-0.4, -0.2) is 122 Å². The van der Waals surface area contributed by atoms with Crippen LogP contribution in [0, 0.1) is 5.82 Å².